The normalized spacial score (nSPS) is 10.7. The van der Waals surface area contributed by atoms with Crippen LogP contribution in [-0.4, -0.2) is 25.4 Å². The number of nitrogens with two attached hydrogens (primary N) is 1. The van der Waals surface area contributed by atoms with Crippen LogP contribution in [0.5, 0.6) is 0 Å². The molecule has 0 radical (unpaired) electrons. The van der Waals surface area contributed by atoms with Crippen molar-refractivity contribution in [2.75, 3.05) is 0 Å². The number of hydrogen-bond donors (Lipinski definition) is 2. The average Bonchev–Trinajstić information content (AvgIpc) is 2.69. The van der Waals surface area contributed by atoms with Crippen LogP contribution >= 0.6 is 15.9 Å². The molecule has 0 amide bonds. The van der Waals surface area contributed by atoms with Crippen LogP contribution < -0.4 is 5.73 Å². The third kappa shape index (κ3) is 1.63. The summed E-state index contributed by atoms with van der Waals surface area (Å²) in [6.07, 6.45) is 3.47. The second-order valence-corrected chi connectivity index (χ2v) is 4.34. The van der Waals surface area contributed by atoms with Crippen molar-refractivity contribution in [3.63, 3.8) is 0 Å². The van der Waals surface area contributed by atoms with Gasteiger partial charge in [-0.2, -0.15) is 10.2 Å². The van der Waals surface area contributed by atoms with E-state index in [1.165, 1.54) is 0 Å². The van der Waals surface area contributed by atoms with E-state index >= 15 is 0 Å². The molecule has 0 unspecified atom stereocenters. The number of nitrogens with zero attached hydrogens (tertiary/aromatic N) is 4. The molecule has 0 bridgehead atoms. The van der Waals surface area contributed by atoms with Gasteiger partial charge in [0, 0.05) is 13.2 Å². The van der Waals surface area contributed by atoms with Crippen LogP contribution in [0.1, 0.15) is 11.3 Å². The first kappa shape index (κ1) is 10.9. The Morgan fingerprint density at radius 2 is 2.25 bits per heavy atom. The number of halogens is 1. The van der Waals surface area contributed by atoms with Crippen LogP contribution in [0.2, 0.25) is 0 Å². The lowest BCUT2D eigenvalue weighted by atomic mass is 10.2. The minimum absolute atomic E-state index is 0.00720. The van der Waals surface area contributed by atoms with Gasteiger partial charge in [-0.05, 0) is 22.9 Å². The summed E-state index contributed by atoms with van der Waals surface area (Å²) in [6, 6.07) is 0. The summed E-state index contributed by atoms with van der Waals surface area (Å²) >= 11 is 3.32. The van der Waals surface area contributed by atoms with Crippen LogP contribution in [0.15, 0.2) is 16.9 Å². The zero-order valence-corrected chi connectivity index (χ0v) is 10.5. The zero-order chi connectivity index (χ0) is 11.9. The van der Waals surface area contributed by atoms with E-state index < -0.39 is 0 Å². The minimum Gasteiger partial charge on any atom is -0.384 e. The van der Waals surface area contributed by atoms with E-state index in [0.717, 1.165) is 10.2 Å². The lowest BCUT2D eigenvalue weighted by Crippen LogP contribution is -2.16. The highest BCUT2D eigenvalue weighted by Crippen LogP contribution is 2.18. The molecule has 0 saturated carbocycles. The maximum Gasteiger partial charge on any atom is 0.162 e. The Hall–Kier alpha value is -1.63. The van der Waals surface area contributed by atoms with E-state index in [1.807, 2.05) is 6.92 Å². The topological polar surface area (TPSA) is 85.5 Å². The summed E-state index contributed by atoms with van der Waals surface area (Å²) in [5.41, 5.74) is 6.88. The average molecular weight is 283 g/mol. The highest BCUT2D eigenvalue weighted by molar-refractivity contribution is 9.10. The summed E-state index contributed by atoms with van der Waals surface area (Å²) in [5.74, 6) is 0.683. The molecule has 0 spiro atoms. The van der Waals surface area contributed by atoms with Gasteiger partial charge in [-0.15, -0.1) is 0 Å². The molecule has 3 N–H and O–H groups in total. The Balaban J connectivity index is 2.68. The molecule has 0 aliphatic heterocycles. The van der Waals surface area contributed by atoms with Crippen molar-refractivity contribution < 1.29 is 0 Å². The molecule has 84 valence electrons. The van der Waals surface area contributed by atoms with Crippen molar-refractivity contribution >= 4 is 21.8 Å². The van der Waals surface area contributed by atoms with E-state index in [4.69, 9.17) is 11.1 Å². The van der Waals surface area contributed by atoms with E-state index in [9.17, 15) is 0 Å². The van der Waals surface area contributed by atoms with E-state index in [1.54, 1.807) is 28.8 Å². The Labute approximate surface area is 101 Å². The smallest absolute Gasteiger partial charge is 0.162 e. The Morgan fingerprint density at radius 1 is 1.56 bits per heavy atom. The zero-order valence-electron chi connectivity index (χ0n) is 8.90. The molecule has 0 atom stereocenters. The van der Waals surface area contributed by atoms with Crippen LogP contribution in [0.3, 0.4) is 0 Å². The molecule has 2 aromatic rings. The first-order valence-electron chi connectivity index (χ1n) is 4.59. The molecule has 0 fully saturated rings. The van der Waals surface area contributed by atoms with Gasteiger partial charge >= 0.3 is 0 Å². The predicted octanol–water partition coefficient (Wildman–Crippen LogP) is 0.961. The summed E-state index contributed by atoms with van der Waals surface area (Å²) in [4.78, 5) is 0. The van der Waals surface area contributed by atoms with E-state index in [2.05, 4.69) is 26.1 Å². The van der Waals surface area contributed by atoms with Gasteiger partial charge in [0.1, 0.15) is 5.84 Å². The Bertz CT molecular complexity index is 552. The molecule has 7 heteroatoms. The lowest BCUT2D eigenvalue weighted by Gasteiger charge is -2.04. The van der Waals surface area contributed by atoms with E-state index in [0.29, 0.717) is 11.4 Å². The summed E-state index contributed by atoms with van der Waals surface area (Å²) in [7, 11) is 1.80. The molecule has 0 saturated heterocycles. The van der Waals surface area contributed by atoms with Crippen LogP contribution in [0, 0.1) is 12.3 Å². The van der Waals surface area contributed by atoms with Gasteiger partial charge in [0.2, 0.25) is 0 Å². The van der Waals surface area contributed by atoms with Crippen molar-refractivity contribution in [3.8, 4) is 5.82 Å². The van der Waals surface area contributed by atoms with Gasteiger partial charge in [-0.1, -0.05) is 0 Å². The number of aryl methyl sites for hydroxylation is 2. The number of nitrogens with one attached hydrogen (secondary N) is 1. The van der Waals surface area contributed by atoms with Crippen molar-refractivity contribution in [3.05, 3.63) is 28.1 Å². The number of amidine groups is 1. The van der Waals surface area contributed by atoms with Crippen molar-refractivity contribution in [2.45, 2.75) is 6.92 Å². The molecule has 2 rings (SSSR count). The second kappa shape index (κ2) is 3.75. The molecule has 2 heterocycles. The molecule has 0 aromatic carbocycles. The first-order chi connectivity index (χ1) is 7.50. The predicted molar refractivity (Wildman–Crippen MR) is 63.8 cm³/mol. The summed E-state index contributed by atoms with van der Waals surface area (Å²) < 4.78 is 4.16. The fourth-order valence-electron chi connectivity index (χ4n) is 1.64. The van der Waals surface area contributed by atoms with Gasteiger partial charge in [0.25, 0.3) is 0 Å². The Kier molecular flexibility index (Phi) is 2.55. The van der Waals surface area contributed by atoms with Gasteiger partial charge in [-0.25, -0.2) is 4.68 Å². The van der Waals surface area contributed by atoms with Crippen molar-refractivity contribution in [1.82, 2.24) is 19.6 Å². The number of hydrogen-bond acceptors (Lipinski definition) is 3. The fourth-order valence-corrected chi connectivity index (χ4v) is 1.93. The number of aromatic nitrogens is 4. The third-order valence-corrected chi connectivity index (χ3v) is 2.64. The van der Waals surface area contributed by atoms with Crippen LogP contribution in [0.25, 0.3) is 5.82 Å². The van der Waals surface area contributed by atoms with E-state index in [-0.39, 0.29) is 5.84 Å². The van der Waals surface area contributed by atoms with Gasteiger partial charge < -0.3 is 5.73 Å². The highest BCUT2D eigenvalue weighted by atomic mass is 79.9. The maximum atomic E-state index is 7.56. The minimum atomic E-state index is -0.00720. The largest absolute Gasteiger partial charge is 0.384 e. The SMILES string of the molecule is Cc1nn(C)c(-n2cc(Br)cn2)c1C(=N)N. The standard InChI is InChI=1S/C9H11BrN6/c1-5-7(8(11)12)9(15(2)14-5)16-4-6(10)3-13-16/h3-4H,1-2H3,(H3,11,12). The molecule has 6 nitrogen and oxygen atoms in total. The monoisotopic (exact) mass is 282 g/mol. The molecule has 0 aliphatic carbocycles. The number of rotatable bonds is 2. The van der Waals surface area contributed by atoms with Gasteiger partial charge in [-0.3, -0.25) is 10.1 Å². The lowest BCUT2D eigenvalue weighted by molar-refractivity contribution is 0.693. The third-order valence-electron chi connectivity index (χ3n) is 2.23. The quantitative estimate of drug-likeness (QED) is 0.636. The van der Waals surface area contributed by atoms with Crippen LogP contribution in [0.4, 0.5) is 0 Å². The van der Waals surface area contributed by atoms with Gasteiger partial charge in [0.15, 0.2) is 5.82 Å². The second-order valence-electron chi connectivity index (χ2n) is 3.42. The Morgan fingerprint density at radius 3 is 2.75 bits per heavy atom. The fraction of sp³-hybridized carbons (Fsp3) is 0.222. The van der Waals surface area contributed by atoms with Gasteiger partial charge in [0.05, 0.1) is 21.9 Å². The van der Waals surface area contributed by atoms with Crippen LogP contribution in [-0.2, 0) is 7.05 Å². The first-order valence-corrected chi connectivity index (χ1v) is 5.38. The summed E-state index contributed by atoms with van der Waals surface area (Å²) in [6.45, 7) is 1.82. The number of nitrogen functional groups attached to an aromatic ring is 1. The molecule has 2 aromatic heterocycles. The van der Waals surface area contributed by atoms with Crippen molar-refractivity contribution in [1.29, 1.82) is 5.41 Å². The highest BCUT2D eigenvalue weighted by Gasteiger charge is 2.17. The molecule has 16 heavy (non-hydrogen) atoms. The molecular formula is C9H11BrN6. The molecule has 0 aliphatic rings. The van der Waals surface area contributed by atoms with Crippen molar-refractivity contribution in [2.24, 2.45) is 12.8 Å². The maximum absolute atomic E-state index is 7.56. The molecular weight excluding hydrogens is 272 g/mol. The summed E-state index contributed by atoms with van der Waals surface area (Å²) in [5, 5.41) is 16.0.